The molecule has 0 bridgehead atoms. The maximum Gasteiger partial charge on any atom is 0.311 e. The van der Waals surface area contributed by atoms with Crippen molar-refractivity contribution in [2.24, 2.45) is 5.41 Å². The molecule has 1 aliphatic rings. The monoisotopic (exact) mass is 259 g/mol. The van der Waals surface area contributed by atoms with E-state index in [-0.39, 0.29) is 12.5 Å². The van der Waals surface area contributed by atoms with Gasteiger partial charge in [-0.2, -0.15) is 0 Å². The summed E-state index contributed by atoms with van der Waals surface area (Å²) in [5, 5.41) is 9.12. The first-order valence-electron chi connectivity index (χ1n) is 6.27. The lowest BCUT2D eigenvalue weighted by Gasteiger charge is -2.18. The Morgan fingerprint density at radius 3 is 2.58 bits per heavy atom. The van der Waals surface area contributed by atoms with Crippen LogP contribution in [0, 0.1) is 5.41 Å². The number of carboxylic acids is 1. The predicted molar refractivity (Wildman–Crippen MR) is 72.4 cm³/mol. The molecule has 1 N–H and O–H groups in total. The highest BCUT2D eigenvalue weighted by Crippen LogP contribution is 2.30. The molecule has 1 aliphatic heterocycles. The molecule has 2 rings (SSSR count). The Balaban J connectivity index is 1.99. The summed E-state index contributed by atoms with van der Waals surface area (Å²) in [6, 6.07) is 9.55. The standard InChI is InChI=1S/C15H17NO3/c1-15(14(18)19)9-10-16(11-15)13(17)8-7-12-5-3-2-4-6-12/h2-8H,9-11H2,1H3,(H,18,19)/b8-7+/t15-/m0/s1. The highest BCUT2D eigenvalue weighted by atomic mass is 16.4. The first-order valence-corrected chi connectivity index (χ1v) is 6.27. The maximum atomic E-state index is 12.0. The van der Waals surface area contributed by atoms with E-state index < -0.39 is 11.4 Å². The van der Waals surface area contributed by atoms with Gasteiger partial charge in [0.1, 0.15) is 0 Å². The first-order chi connectivity index (χ1) is 9.01. The fourth-order valence-electron chi connectivity index (χ4n) is 2.16. The minimum absolute atomic E-state index is 0.131. The lowest BCUT2D eigenvalue weighted by molar-refractivity contribution is -0.147. The zero-order valence-corrected chi connectivity index (χ0v) is 10.9. The number of carboxylic acid groups (broad SMARTS) is 1. The van der Waals surface area contributed by atoms with Crippen molar-refractivity contribution >= 4 is 18.0 Å². The molecule has 4 heteroatoms. The third kappa shape index (κ3) is 3.02. The molecule has 1 atom stereocenters. The van der Waals surface area contributed by atoms with Gasteiger partial charge in [0.25, 0.3) is 0 Å². The summed E-state index contributed by atoms with van der Waals surface area (Å²) in [4.78, 5) is 24.7. The molecule has 0 aliphatic carbocycles. The minimum Gasteiger partial charge on any atom is -0.481 e. The third-order valence-electron chi connectivity index (χ3n) is 3.52. The Morgan fingerprint density at radius 1 is 1.32 bits per heavy atom. The number of hydrogen-bond acceptors (Lipinski definition) is 2. The van der Waals surface area contributed by atoms with Crippen molar-refractivity contribution in [3.05, 3.63) is 42.0 Å². The topological polar surface area (TPSA) is 57.6 Å². The van der Waals surface area contributed by atoms with E-state index in [1.54, 1.807) is 17.9 Å². The number of hydrogen-bond donors (Lipinski definition) is 1. The molecule has 0 unspecified atom stereocenters. The van der Waals surface area contributed by atoms with Crippen LogP contribution in [-0.2, 0) is 9.59 Å². The molecule has 1 saturated heterocycles. The van der Waals surface area contributed by atoms with Crippen molar-refractivity contribution in [2.75, 3.05) is 13.1 Å². The van der Waals surface area contributed by atoms with Gasteiger partial charge in [-0.25, -0.2) is 0 Å². The number of amides is 1. The summed E-state index contributed by atoms with van der Waals surface area (Å²) in [5.74, 6) is -0.969. The van der Waals surface area contributed by atoms with Crippen LogP contribution in [-0.4, -0.2) is 35.0 Å². The van der Waals surface area contributed by atoms with Crippen LogP contribution >= 0.6 is 0 Å². The van der Waals surface area contributed by atoms with E-state index >= 15 is 0 Å². The summed E-state index contributed by atoms with van der Waals surface area (Å²) >= 11 is 0. The van der Waals surface area contributed by atoms with Crippen molar-refractivity contribution in [3.63, 3.8) is 0 Å². The lowest BCUT2D eigenvalue weighted by atomic mass is 9.90. The molecule has 100 valence electrons. The molecule has 1 aromatic rings. The second-order valence-electron chi connectivity index (χ2n) is 5.12. The number of carbonyl (C=O) groups excluding carboxylic acids is 1. The largest absolute Gasteiger partial charge is 0.481 e. The Morgan fingerprint density at radius 2 is 2.00 bits per heavy atom. The van der Waals surface area contributed by atoms with E-state index in [4.69, 9.17) is 5.11 Å². The highest BCUT2D eigenvalue weighted by Gasteiger charge is 2.41. The fraction of sp³-hybridized carbons (Fsp3) is 0.333. The van der Waals surface area contributed by atoms with Crippen molar-refractivity contribution in [3.8, 4) is 0 Å². The molecule has 0 spiro atoms. The summed E-state index contributed by atoms with van der Waals surface area (Å²) in [6.45, 7) is 2.46. The number of likely N-dealkylation sites (tertiary alicyclic amines) is 1. The average Bonchev–Trinajstić information content (AvgIpc) is 2.81. The number of rotatable bonds is 3. The Kier molecular flexibility index (Phi) is 3.69. The van der Waals surface area contributed by atoms with Crippen LogP contribution < -0.4 is 0 Å². The molecule has 1 amide bonds. The maximum absolute atomic E-state index is 12.0. The number of aliphatic carboxylic acids is 1. The van der Waals surface area contributed by atoms with Crippen molar-refractivity contribution in [1.82, 2.24) is 4.90 Å². The van der Waals surface area contributed by atoms with Gasteiger partial charge < -0.3 is 10.0 Å². The Labute approximate surface area is 112 Å². The van der Waals surface area contributed by atoms with Gasteiger partial charge in [0.2, 0.25) is 5.91 Å². The smallest absolute Gasteiger partial charge is 0.311 e. The normalized spacial score (nSPS) is 22.9. The van der Waals surface area contributed by atoms with Crippen LogP contribution in [0.4, 0.5) is 0 Å². The molecule has 0 radical (unpaired) electrons. The Bertz CT molecular complexity index is 509. The van der Waals surface area contributed by atoms with Crippen LogP contribution in [0.5, 0.6) is 0 Å². The second-order valence-corrected chi connectivity index (χ2v) is 5.12. The van der Waals surface area contributed by atoms with Gasteiger partial charge in [-0.15, -0.1) is 0 Å². The third-order valence-corrected chi connectivity index (χ3v) is 3.52. The van der Waals surface area contributed by atoms with Gasteiger partial charge in [0.05, 0.1) is 5.41 Å². The van der Waals surface area contributed by atoms with Gasteiger partial charge in [-0.1, -0.05) is 30.3 Å². The van der Waals surface area contributed by atoms with Crippen LogP contribution in [0.15, 0.2) is 36.4 Å². The number of nitrogens with zero attached hydrogens (tertiary/aromatic N) is 1. The molecule has 4 nitrogen and oxygen atoms in total. The van der Waals surface area contributed by atoms with E-state index in [9.17, 15) is 9.59 Å². The zero-order chi connectivity index (χ0) is 13.9. The molecule has 1 aromatic carbocycles. The summed E-state index contributed by atoms with van der Waals surface area (Å²) in [5.41, 5.74) is 0.145. The van der Waals surface area contributed by atoms with Gasteiger partial charge >= 0.3 is 5.97 Å². The van der Waals surface area contributed by atoms with Crippen molar-refractivity contribution < 1.29 is 14.7 Å². The molecule has 1 fully saturated rings. The van der Waals surface area contributed by atoms with E-state index in [1.807, 2.05) is 30.3 Å². The van der Waals surface area contributed by atoms with Crippen LogP contribution in [0.3, 0.4) is 0 Å². The predicted octanol–water partition coefficient (Wildman–Crippen LogP) is 2.02. The van der Waals surface area contributed by atoms with E-state index in [0.29, 0.717) is 13.0 Å². The fourth-order valence-corrected chi connectivity index (χ4v) is 2.16. The second kappa shape index (κ2) is 5.26. The van der Waals surface area contributed by atoms with E-state index in [2.05, 4.69) is 0 Å². The van der Waals surface area contributed by atoms with Crippen molar-refractivity contribution in [1.29, 1.82) is 0 Å². The average molecular weight is 259 g/mol. The van der Waals surface area contributed by atoms with Crippen molar-refractivity contribution in [2.45, 2.75) is 13.3 Å². The van der Waals surface area contributed by atoms with Crippen LogP contribution in [0.25, 0.3) is 6.08 Å². The molecular weight excluding hydrogens is 242 g/mol. The zero-order valence-electron chi connectivity index (χ0n) is 10.9. The molecule has 0 aromatic heterocycles. The number of carbonyl (C=O) groups is 2. The lowest BCUT2D eigenvalue weighted by Crippen LogP contribution is -2.34. The Hall–Kier alpha value is -2.10. The summed E-state index contributed by atoms with van der Waals surface area (Å²) < 4.78 is 0. The van der Waals surface area contributed by atoms with Gasteiger partial charge in [-0.3, -0.25) is 9.59 Å². The molecular formula is C15H17NO3. The summed E-state index contributed by atoms with van der Waals surface area (Å²) in [6.07, 6.45) is 3.76. The molecule has 1 heterocycles. The van der Waals surface area contributed by atoms with Gasteiger partial charge in [0.15, 0.2) is 0 Å². The van der Waals surface area contributed by atoms with Gasteiger partial charge in [-0.05, 0) is 25.0 Å². The first kappa shape index (κ1) is 13.3. The van der Waals surface area contributed by atoms with E-state index in [1.165, 1.54) is 6.08 Å². The summed E-state index contributed by atoms with van der Waals surface area (Å²) in [7, 11) is 0. The van der Waals surface area contributed by atoms with E-state index in [0.717, 1.165) is 5.56 Å². The highest BCUT2D eigenvalue weighted by molar-refractivity contribution is 5.92. The SMILES string of the molecule is C[C@]1(C(=O)O)CCN(C(=O)/C=C/c2ccccc2)C1. The van der Waals surface area contributed by atoms with Crippen LogP contribution in [0.1, 0.15) is 18.9 Å². The molecule has 0 saturated carbocycles. The number of benzene rings is 1. The molecule has 19 heavy (non-hydrogen) atoms. The quantitative estimate of drug-likeness (QED) is 0.845. The van der Waals surface area contributed by atoms with Crippen LogP contribution in [0.2, 0.25) is 0 Å². The minimum atomic E-state index is -0.838. The van der Waals surface area contributed by atoms with Gasteiger partial charge in [0, 0.05) is 19.2 Å².